The van der Waals surface area contributed by atoms with Crippen molar-refractivity contribution < 1.29 is 9.90 Å². The molecule has 0 bridgehead atoms. The summed E-state index contributed by atoms with van der Waals surface area (Å²) in [4.78, 5) is 12.4. The monoisotopic (exact) mass is 354 g/mol. The molecule has 0 amide bonds. The van der Waals surface area contributed by atoms with Gasteiger partial charge in [-0.15, -0.1) is 0 Å². The van der Waals surface area contributed by atoms with Gasteiger partial charge < -0.3 is 5.11 Å². The van der Waals surface area contributed by atoms with E-state index in [0.29, 0.717) is 12.0 Å². The molecule has 2 aromatic carbocycles. The van der Waals surface area contributed by atoms with Gasteiger partial charge >= 0.3 is 0 Å². The van der Waals surface area contributed by atoms with E-state index < -0.39 is 0 Å². The van der Waals surface area contributed by atoms with E-state index in [2.05, 4.69) is 6.92 Å². The van der Waals surface area contributed by atoms with Crippen molar-refractivity contribution in [3.63, 3.8) is 0 Å². The van der Waals surface area contributed by atoms with E-state index in [1.807, 2.05) is 30.3 Å². The topological polar surface area (TPSA) is 37.3 Å². The van der Waals surface area contributed by atoms with Crippen molar-refractivity contribution >= 4 is 16.6 Å². The smallest absolute Gasteiger partial charge is 0.166 e. The van der Waals surface area contributed by atoms with Crippen LogP contribution in [0.4, 0.5) is 0 Å². The number of hydrogen-bond donors (Lipinski definition) is 1. The van der Waals surface area contributed by atoms with Crippen LogP contribution in [-0.4, -0.2) is 10.9 Å². The van der Waals surface area contributed by atoms with Crippen LogP contribution in [0.2, 0.25) is 0 Å². The summed E-state index contributed by atoms with van der Waals surface area (Å²) in [6.45, 7) is 2.26. The van der Waals surface area contributed by atoms with Crippen LogP contribution in [-0.2, 0) is 0 Å². The highest BCUT2D eigenvalue weighted by molar-refractivity contribution is 6.02. The van der Waals surface area contributed by atoms with Crippen LogP contribution in [0.15, 0.2) is 36.4 Å². The van der Waals surface area contributed by atoms with Crippen LogP contribution in [0.5, 0.6) is 5.75 Å². The quantitative estimate of drug-likeness (QED) is 0.300. The summed E-state index contributed by atoms with van der Waals surface area (Å²) >= 11 is 0. The Morgan fingerprint density at radius 3 is 1.85 bits per heavy atom. The average molecular weight is 355 g/mol. The lowest BCUT2D eigenvalue weighted by molar-refractivity contribution is 0.0976. The largest absolute Gasteiger partial charge is 0.507 e. The van der Waals surface area contributed by atoms with Crippen molar-refractivity contribution in [3.05, 3.63) is 42.0 Å². The number of aromatic hydroxyl groups is 1. The SMILES string of the molecule is CCCCCCCCCCCCCC(=O)c1cc2ccccc2cc1O. The summed E-state index contributed by atoms with van der Waals surface area (Å²) in [6, 6.07) is 11.3. The Labute approximate surface area is 158 Å². The van der Waals surface area contributed by atoms with E-state index in [4.69, 9.17) is 0 Å². The predicted octanol–water partition coefficient (Wildman–Crippen LogP) is 7.43. The highest BCUT2D eigenvalue weighted by atomic mass is 16.3. The Bertz CT molecular complexity index is 675. The molecule has 0 heterocycles. The first-order chi connectivity index (χ1) is 12.7. The molecular weight excluding hydrogens is 320 g/mol. The number of hydrogen-bond acceptors (Lipinski definition) is 2. The Kier molecular flexibility index (Phi) is 9.23. The fourth-order valence-electron chi connectivity index (χ4n) is 3.54. The average Bonchev–Trinajstić information content (AvgIpc) is 2.65. The molecule has 2 rings (SSSR count). The second kappa shape index (κ2) is 11.7. The highest BCUT2D eigenvalue weighted by Gasteiger charge is 2.12. The summed E-state index contributed by atoms with van der Waals surface area (Å²) in [7, 11) is 0. The Hall–Kier alpha value is -1.83. The first kappa shape index (κ1) is 20.5. The van der Waals surface area contributed by atoms with Crippen molar-refractivity contribution in [1.82, 2.24) is 0 Å². The third-order valence-electron chi connectivity index (χ3n) is 5.17. The minimum absolute atomic E-state index is 0.0594. The number of ketones is 1. The predicted molar refractivity (Wildman–Crippen MR) is 111 cm³/mol. The lowest BCUT2D eigenvalue weighted by Gasteiger charge is -2.07. The molecule has 0 aliphatic heterocycles. The maximum absolute atomic E-state index is 12.4. The molecule has 2 nitrogen and oxygen atoms in total. The normalized spacial score (nSPS) is 11.1. The molecule has 0 unspecified atom stereocenters. The zero-order chi connectivity index (χ0) is 18.6. The number of Topliss-reactive ketones (excluding diaryl/α,β-unsaturated/α-hetero) is 1. The summed E-state index contributed by atoms with van der Waals surface area (Å²) in [6.07, 6.45) is 14.6. The molecule has 0 spiro atoms. The van der Waals surface area contributed by atoms with Gasteiger partial charge in [-0.2, -0.15) is 0 Å². The molecule has 0 radical (unpaired) electrons. The molecule has 0 atom stereocenters. The molecule has 2 heteroatoms. The second-order valence-corrected chi connectivity index (χ2v) is 7.43. The third-order valence-corrected chi connectivity index (χ3v) is 5.17. The van der Waals surface area contributed by atoms with Crippen LogP contribution >= 0.6 is 0 Å². The minimum atomic E-state index is 0.0594. The fraction of sp³-hybridized carbons (Fsp3) is 0.542. The number of phenolic OH excluding ortho intramolecular Hbond substituents is 1. The van der Waals surface area contributed by atoms with Gasteiger partial charge in [-0.25, -0.2) is 0 Å². The van der Waals surface area contributed by atoms with Crippen molar-refractivity contribution in [3.8, 4) is 5.75 Å². The number of unbranched alkanes of at least 4 members (excludes halogenated alkanes) is 10. The lowest BCUT2D eigenvalue weighted by atomic mass is 9.99. The lowest BCUT2D eigenvalue weighted by Crippen LogP contribution is -1.99. The van der Waals surface area contributed by atoms with Gasteiger partial charge in [0.05, 0.1) is 5.56 Å². The molecule has 0 saturated carbocycles. The van der Waals surface area contributed by atoms with Crippen LogP contribution in [0.3, 0.4) is 0 Å². The van der Waals surface area contributed by atoms with Gasteiger partial charge in [0, 0.05) is 6.42 Å². The van der Waals surface area contributed by atoms with E-state index in [-0.39, 0.29) is 11.5 Å². The van der Waals surface area contributed by atoms with Gasteiger partial charge in [0.15, 0.2) is 5.78 Å². The molecule has 1 N–H and O–H groups in total. The number of phenols is 1. The standard InChI is InChI=1S/C24H34O2/c1-2-3-4-5-6-7-8-9-10-11-12-17-23(25)22-18-20-15-13-14-16-21(20)19-24(22)26/h13-16,18-19,26H,2-12,17H2,1H3. The van der Waals surface area contributed by atoms with Crippen molar-refractivity contribution in [2.45, 2.75) is 84.0 Å². The van der Waals surface area contributed by atoms with Gasteiger partial charge in [0.1, 0.15) is 5.75 Å². The molecule has 0 aliphatic carbocycles. The summed E-state index contributed by atoms with van der Waals surface area (Å²) < 4.78 is 0. The number of rotatable bonds is 13. The van der Waals surface area contributed by atoms with Gasteiger partial charge in [0.2, 0.25) is 0 Å². The maximum Gasteiger partial charge on any atom is 0.166 e. The molecule has 0 fully saturated rings. The zero-order valence-corrected chi connectivity index (χ0v) is 16.3. The van der Waals surface area contributed by atoms with Crippen LogP contribution in [0.1, 0.15) is 94.3 Å². The molecular formula is C24H34O2. The summed E-state index contributed by atoms with van der Waals surface area (Å²) in [5, 5.41) is 12.1. The highest BCUT2D eigenvalue weighted by Crippen LogP contribution is 2.26. The van der Waals surface area contributed by atoms with E-state index in [1.165, 1.54) is 57.8 Å². The maximum atomic E-state index is 12.4. The Morgan fingerprint density at radius 1 is 0.769 bits per heavy atom. The van der Waals surface area contributed by atoms with Crippen molar-refractivity contribution in [2.75, 3.05) is 0 Å². The summed E-state index contributed by atoms with van der Waals surface area (Å²) in [5.41, 5.74) is 0.468. The second-order valence-electron chi connectivity index (χ2n) is 7.43. The van der Waals surface area contributed by atoms with E-state index in [0.717, 1.165) is 23.6 Å². The minimum Gasteiger partial charge on any atom is -0.507 e. The van der Waals surface area contributed by atoms with E-state index in [1.54, 1.807) is 6.07 Å². The summed E-state index contributed by atoms with van der Waals surface area (Å²) in [5.74, 6) is 0.168. The van der Waals surface area contributed by atoms with Crippen LogP contribution in [0, 0.1) is 0 Å². The molecule has 2 aromatic rings. The van der Waals surface area contributed by atoms with E-state index in [9.17, 15) is 9.90 Å². The first-order valence-electron chi connectivity index (χ1n) is 10.5. The number of carbonyl (C=O) groups excluding carboxylic acids is 1. The van der Waals surface area contributed by atoms with Gasteiger partial charge in [-0.05, 0) is 29.3 Å². The van der Waals surface area contributed by atoms with Crippen LogP contribution < -0.4 is 0 Å². The van der Waals surface area contributed by atoms with Gasteiger partial charge in [0.25, 0.3) is 0 Å². The zero-order valence-electron chi connectivity index (χ0n) is 16.3. The van der Waals surface area contributed by atoms with Crippen molar-refractivity contribution in [1.29, 1.82) is 0 Å². The molecule has 142 valence electrons. The Balaban J connectivity index is 1.61. The molecule has 0 aliphatic rings. The molecule has 0 aromatic heterocycles. The first-order valence-corrected chi connectivity index (χ1v) is 10.5. The van der Waals surface area contributed by atoms with E-state index >= 15 is 0 Å². The molecule has 0 saturated heterocycles. The van der Waals surface area contributed by atoms with Crippen molar-refractivity contribution in [2.24, 2.45) is 0 Å². The van der Waals surface area contributed by atoms with Crippen LogP contribution in [0.25, 0.3) is 10.8 Å². The number of fused-ring (bicyclic) bond motifs is 1. The third kappa shape index (κ3) is 6.82. The number of carbonyl (C=O) groups is 1. The van der Waals surface area contributed by atoms with Gasteiger partial charge in [-0.1, -0.05) is 95.4 Å². The van der Waals surface area contributed by atoms with Gasteiger partial charge in [-0.3, -0.25) is 4.79 Å². The molecule has 26 heavy (non-hydrogen) atoms. The Morgan fingerprint density at radius 2 is 1.27 bits per heavy atom. The fourth-order valence-corrected chi connectivity index (χ4v) is 3.54. The number of benzene rings is 2.